The van der Waals surface area contributed by atoms with E-state index in [1.165, 1.54) is 6.20 Å². The standard InChI is InChI=1S/C6H11N3O2S2/c1-2-3-9-13(10,11)5-4-8-6(7)12-5/h4,9H,2-3H2,1H3,(H2,7,8). The van der Waals surface area contributed by atoms with Crippen LogP contribution in [0.25, 0.3) is 0 Å². The van der Waals surface area contributed by atoms with Gasteiger partial charge in [0.15, 0.2) is 9.34 Å². The van der Waals surface area contributed by atoms with Gasteiger partial charge in [0.25, 0.3) is 10.0 Å². The van der Waals surface area contributed by atoms with Crippen molar-refractivity contribution >= 4 is 26.5 Å². The maximum absolute atomic E-state index is 11.4. The van der Waals surface area contributed by atoms with Crippen LogP contribution >= 0.6 is 11.3 Å². The Hall–Kier alpha value is -0.660. The molecule has 0 bridgehead atoms. The fraction of sp³-hybridized carbons (Fsp3) is 0.500. The molecular formula is C6H11N3O2S2. The Kier molecular flexibility index (Phi) is 3.23. The summed E-state index contributed by atoms with van der Waals surface area (Å²) in [6.45, 7) is 2.32. The van der Waals surface area contributed by atoms with Crippen LogP contribution in [0, 0.1) is 0 Å². The minimum Gasteiger partial charge on any atom is -0.375 e. The summed E-state index contributed by atoms with van der Waals surface area (Å²) in [6, 6.07) is 0. The number of nitrogens with two attached hydrogens (primary N) is 1. The summed E-state index contributed by atoms with van der Waals surface area (Å²) in [6.07, 6.45) is 2.02. The van der Waals surface area contributed by atoms with Gasteiger partial charge >= 0.3 is 0 Å². The summed E-state index contributed by atoms with van der Waals surface area (Å²) in [5, 5.41) is 0.261. The molecule has 3 N–H and O–H groups in total. The molecule has 1 rings (SSSR count). The average Bonchev–Trinajstić information content (AvgIpc) is 2.49. The third-order valence-corrected chi connectivity index (χ3v) is 4.06. The Morgan fingerprint density at radius 2 is 2.38 bits per heavy atom. The molecule has 0 saturated carbocycles. The SMILES string of the molecule is CCCNS(=O)(=O)c1cnc(N)s1. The van der Waals surface area contributed by atoms with E-state index in [9.17, 15) is 8.42 Å². The third-order valence-electron chi connectivity index (χ3n) is 1.31. The Bertz CT molecular complexity index is 371. The molecule has 0 aliphatic rings. The van der Waals surface area contributed by atoms with Crippen molar-refractivity contribution in [2.24, 2.45) is 0 Å². The molecule has 13 heavy (non-hydrogen) atoms. The molecule has 1 aromatic heterocycles. The number of nitrogens with zero attached hydrogens (tertiary/aromatic N) is 1. The Labute approximate surface area is 81.0 Å². The van der Waals surface area contributed by atoms with E-state index in [0.717, 1.165) is 17.8 Å². The maximum atomic E-state index is 11.4. The van der Waals surface area contributed by atoms with Crippen LogP contribution in [0.1, 0.15) is 13.3 Å². The molecule has 7 heteroatoms. The summed E-state index contributed by atoms with van der Waals surface area (Å²) in [7, 11) is -3.38. The largest absolute Gasteiger partial charge is 0.375 e. The fourth-order valence-corrected chi connectivity index (χ4v) is 2.80. The molecule has 5 nitrogen and oxygen atoms in total. The fourth-order valence-electron chi connectivity index (χ4n) is 0.704. The summed E-state index contributed by atoms with van der Waals surface area (Å²) >= 11 is 0.961. The second-order valence-corrected chi connectivity index (χ2v) is 5.47. The van der Waals surface area contributed by atoms with Gasteiger partial charge in [0.2, 0.25) is 0 Å². The molecule has 0 radical (unpaired) electrons. The first-order valence-corrected chi connectivity index (χ1v) is 6.07. The minimum atomic E-state index is -3.38. The number of rotatable bonds is 4. The van der Waals surface area contributed by atoms with Crippen LogP contribution in [-0.2, 0) is 10.0 Å². The van der Waals surface area contributed by atoms with E-state index < -0.39 is 10.0 Å². The number of nitrogens with one attached hydrogen (secondary N) is 1. The molecule has 0 aliphatic carbocycles. The second-order valence-electron chi connectivity index (χ2n) is 2.42. The number of hydrogen-bond acceptors (Lipinski definition) is 5. The lowest BCUT2D eigenvalue weighted by atomic mass is 10.5. The molecule has 74 valence electrons. The van der Waals surface area contributed by atoms with Crippen molar-refractivity contribution in [1.29, 1.82) is 0 Å². The second kappa shape index (κ2) is 4.03. The summed E-state index contributed by atoms with van der Waals surface area (Å²) in [5.74, 6) is 0. The zero-order valence-corrected chi connectivity index (χ0v) is 8.78. The van der Waals surface area contributed by atoms with Gasteiger partial charge in [-0.1, -0.05) is 18.3 Å². The smallest absolute Gasteiger partial charge is 0.251 e. The van der Waals surface area contributed by atoms with Crippen LogP contribution in [0.4, 0.5) is 5.13 Å². The first kappa shape index (κ1) is 10.4. The van der Waals surface area contributed by atoms with Crippen LogP contribution in [0.15, 0.2) is 10.4 Å². The highest BCUT2D eigenvalue weighted by Crippen LogP contribution is 2.19. The first-order valence-electron chi connectivity index (χ1n) is 3.77. The number of sulfonamides is 1. The van der Waals surface area contributed by atoms with Crippen molar-refractivity contribution in [3.8, 4) is 0 Å². The van der Waals surface area contributed by atoms with Gasteiger partial charge < -0.3 is 5.73 Å². The van der Waals surface area contributed by atoms with Crippen LogP contribution in [0.3, 0.4) is 0 Å². The van der Waals surface area contributed by atoms with E-state index in [0.29, 0.717) is 6.54 Å². The molecule has 0 unspecified atom stereocenters. The summed E-state index contributed by atoms with van der Waals surface area (Å²) in [5.41, 5.74) is 5.32. The maximum Gasteiger partial charge on any atom is 0.251 e. The van der Waals surface area contributed by atoms with Gasteiger partial charge in [0, 0.05) is 6.54 Å². The van der Waals surface area contributed by atoms with Gasteiger partial charge in [-0.05, 0) is 6.42 Å². The van der Waals surface area contributed by atoms with E-state index in [-0.39, 0.29) is 9.34 Å². The van der Waals surface area contributed by atoms with E-state index >= 15 is 0 Å². The Morgan fingerprint density at radius 3 is 2.85 bits per heavy atom. The number of anilines is 1. The highest BCUT2D eigenvalue weighted by molar-refractivity contribution is 7.91. The van der Waals surface area contributed by atoms with Crippen molar-refractivity contribution < 1.29 is 8.42 Å². The van der Waals surface area contributed by atoms with Crippen molar-refractivity contribution in [2.45, 2.75) is 17.6 Å². The van der Waals surface area contributed by atoms with Crippen molar-refractivity contribution in [3.05, 3.63) is 6.20 Å². The molecule has 1 heterocycles. The normalized spacial score (nSPS) is 11.8. The lowest BCUT2D eigenvalue weighted by Gasteiger charge is -2.00. The van der Waals surface area contributed by atoms with Gasteiger partial charge in [0.05, 0.1) is 6.20 Å². The van der Waals surface area contributed by atoms with Crippen LogP contribution in [0.5, 0.6) is 0 Å². The summed E-state index contributed by atoms with van der Waals surface area (Å²) in [4.78, 5) is 3.67. The first-order chi connectivity index (χ1) is 6.06. The number of thiazole rings is 1. The third kappa shape index (κ3) is 2.64. The van der Waals surface area contributed by atoms with Crippen molar-refractivity contribution in [2.75, 3.05) is 12.3 Å². The van der Waals surface area contributed by atoms with Crippen molar-refractivity contribution in [3.63, 3.8) is 0 Å². The quantitative estimate of drug-likeness (QED) is 0.771. The monoisotopic (exact) mass is 221 g/mol. The zero-order chi connectivity index (χ0) is 9.90. The predicted octanol–water partition coefficient (Wildman–Crippen LogP) is 0.414. The van der Waals surface area contributed by atoms with Crippen LogP contribution in [0.2, 0.25) is 0 Å². The molecule has 0 saturated heterocycles. The van der Waals surface area contributed by atoms with Crippen LogP contribution < -0.4 is 10.5 Å². The number of nitrogen functional groups attached to an aromatic ring is 1. The topological polar surface area (TPSA) is 85.1 Å². The van der Waals surface area contributed by atoms with E-state index in [1.807, 2.05) is 6.92 Å². The van der Waals surface area contributed by atoms with Gasteiger partial charge in [0.1, 0.15) is 0 Å². The van der Waals surface area contributed by atoms with E-state index in [2.05, 4.69) is 9.71 Å². The lowest BCUT2D eigenvalue weighted by Crippen LogP contribution is -2.23. The molecule has 1 aromatic rings. The lowest BCUT2D eigenvalue weighted by molar-refractivity contribution is 0.582. The van der Waals surface area contributed by atoms with E-state index in [4.69, 9.17) is 5.73 Å². The van der Waals surface area contributed by atoms with Gasteiger partial charge in [-0.15, -0.1) is 0 Å². The average molecular weight is 221 g/mol. The Morgan fingerprint density at radius 1 is 1.69 bits per heavy atom. The molecule has 0 aliphatic heterocycles. The number of hydrogen-bond donors (Lipinski definition) is 2. The zero-order valence-electron chi connectivity index (χ0n) is 7.15. The Balaban J connectivity index is 2.82. The van der Waals surface area contributed by atoms with Gasteiger partial charge in [-0.25, -0.2) is 18.1 Å². The van der Waals surface area contributed by atoms with Gasteiger partial charge in [-0.2, -0.15) is 0 Å². The summed E-state index contributed by atoms with van der Waals surface area (Å²) < 4.78 is 25.4. The molecule has 0 aromatic carbocycles. The predicted molar refractivity (Wildman–Crippen MR) is 52.0 cm³/mol. The molecule has 0 spiro atoms. The molecule has 0 fully saturated rings. The van der Waals surface area contributed by atoms with Gasteiger partial charge in [-0.3, -0.25) is 0 Å². The highest BCUT2D eigenvalue weighted by Gasteiger charge is 2.15. The highest BCUT2D eigenvalue weighted by atomic mass is 32.2. The van der Waals surface area contributed by atoms with Crippen LogP contribution in [-0.4, -0.2) is 19.9 Å². The minimum absolute atomic E-state index is 0.165. The number of aromatic nitrogens is 1. The molecule has 0 amide bonds. The molecule has 0 atom stereocenters. The molecular weight excluding hydrogens is 210 g/mol. The van der Waals surface area contributed by atoms with Crippen molar-refractivity contribution in [1.82, 2.24) is 9.71 Å². The van der Waals surface area contributed by atoms with E-state index in [1.54, 1.807) is 0 Å².